The number of carbonyl (C=O) groups is 1. The van der Waals surface area contributed by atoms with E-state index in [4.69, 9.17) is 18.5 Å². The molecule has 0 aromatic heterocycles. The van der Waals surface area contributed by atoms with Crippen molar-refractivity contribution in [2.24, 2.45) is 0 Å². The lowest BCUT2D eigenvalue weighted by molar-refractivity contribution is -0.220. The van der Waals surface area contributed by atoms with Gasteiger partial charge in [-0.1, -0.05) is 228 Å². The summed E-state index contributed by atoms with van der Waals surface area (Å²) in [5, 5.41) is 50.3. The summed E-state index contributed by atoms with van der Waals surface area (Å²) in [5.41, 5.74) is 0. The predicted molar refractivity (Wildman–Crippen MR) is 281 cm³/mol. The van der Waals surface area contributed by atoms with E-state index in [1.165, 1.54) is 128 Å². The number of phosphoric acid groups is 1. The zero-order valence-electron chi connectivity index (χ0n) is 43.1. The lowest BCUT2D eigenvalue weighted by Crippen LogP contribution is -2.64. The summed E-state index contributed by atoms with van der Waals surface area (Å²) in [4.78, 5) is 23.2. The standard InChI is InChI=1S/C56H99O12P/c1-3-5-7-9-11-13-15-17-19-21-23-24-25-26-28-30-32-34-36-38-40-42-44-46-65-47-49(48-66-69(63,64)68-56-54(61)52(59)51(58)53(60)55(56)62)67-50(57)45-43-41-39-37-35-33-31-29-27-22-20-18-16-14-12-10-8-6-4-2/h6,8,12,14,18,20,27,29,33,35,39,41,49,51-56,58-62H,3-5,7,9-11,13,15-17,19,21-26,28,30-32,34,36-38,40,42-48H2,1-2H3,(H,63,64)/b8-6-,14-12-,20-18-,29-27-,35-33-,41-39-. The largest absolute Gasteiger partial charge is 0.472 e. The van der Waals surface area contributed by atoms with Crippen LogP contribution in [0.2, 0.25) is 0 Å². The van der Waals surface area contributed by atoms with Crippen molar-refractivity contribution in [2.75, 3.05) is 19.8 Å². The van der Waals surface area contributed by atoms with E-state index in [-0.39, 0.29) is 13.0 Å². The third-order valence-corrected chi connectivity index (χ3v) is 13.3. The molecule has 1 rings (SSSR count). The molecule has 12 nitrogen and oxygen atoms in total. The third-order valence-electron chi connectivity index (χ3n) is 12.4. The van der Waals surface area contributed by atoms with Gasteiger partial charge in [-0.3, -0.25) is 13.8 Å². The van der Waals surface area contributed by atoms with Crippen molar-refractivity contribution in [3.8, 4) is 0 Å². The van der Waals surface area contributed by atoms with Gasteiger partial charge in [0.05, 0.1) is 13.2 Å². The highest BCUT2D eigenvalue weighted by Crippen LogP contribution is 2.47. The fourth-order valence-electron chi connectivity index (χ4n) is 8.09. The van der Waals surface area contributed by atoms with E-state index >= 15 is 0 Å². The van der Waals surface area contributed by atoms with Gasteiger partial charge in [0.2, 0.25) is 0 Å². The van der Waals surface area contributed by atoms with Crippen LogP contribution in [0.3, 0.4) is 0 Å². The quantitative estimate of drug-likeness (QED) is 0.0147. The maximum atomic E-state index is 12.9. The molecule has 400 valence electrons. The molecule has 6 atom stereocenters. The van der Waals surface area contributed by atoms with Crippen molar-refractivity contribution in [3.63, 3.8) is 0 Å². The van der Waals surface area contributed by atoms with Crippen LogP contribution in [0.1, 0.15) is 213 Å². The Bertz CT molecular complexity index is 1410. The van der Waals surface area contributed by atoms with Crippen molar-refractivity contribution >= 4 is 13.8 Å². The van der Waals surface area contributed by atoms with Gasteiger partial charge in [0, 0.05) is 13.0 Å². The number of hydrogen-bond acceptors (Lipinski definition) is 11. The molecule has 1 saturated carbocycles. The molecule has 0 saturated heterocycles. The highest BCUT2D eigenvalue weighted by Gasteiger charge is 2.51. The molecule has 0 spiro atoms. The first-order chi connectivity index (χ1) is 33.5. The molecule has 69 heavy (non-hydrogen) atoms. The highest BCUT2D eigenvalue weighted by molar-refractivity contribution is 7.47. The van der Waals surface area contributed by atoms with E-state index in [1.54, 1.807) is 0 Å². The molecule has 0 bridgehead atoms. The number of aliphatic hydroxyl groups excluding tert-OH is 5. The number of unbranched alkanes of at least 4 members (excludes halogenated alkanes) is 22. The normalized spacial score (nSPS) is 21.6. The van der Waals surface area contributed by atoms with Crippen LogP contribution in [0.15, 0.2) is 72.9 Å². The van der Waals surface area contributed by atoms with E-state index < -0.39 is 63.1 Å². The maximum Gasteiger partial charge on any atom is 0.472 e. The van der Waals surface area contributed by atoms with Crippen LogP contribution in [0.5, 0.6) is 0 Å². The average Bonchev–Trinajstić information content (AvgIpc) is 3.34. The van der Waals surface area contributed by atoms with E-state index in [2.05, 4.69) is 74.6 Å². The average molecular weight is 995 g/mol. The monoisotopic (exact) mass is 995 g/mol. The number of hydrogen-bond donors (Lipinski definition) is 6. The minimum absolute atomic E-state index is 0.0595. The fraction of sp³-hybridized carbons (Fsp3) is 0.768. The number of phosphoric ester groups is 1. The summed E-state index contributed by atoms with van der Waals surface area (Å²) in [7, 11) is -5.05. The topological polar surface area (TPSA) is 192 Å². The predicted octanol–water partition coefficient (Wildman–Crippen LogP) is 12.7. The number of carbonyl (C=O) groups excluding carboxylic acids is 1. The van der Waals surface area contributed by atoms with Gasteiger partial charge in [-0.05, 0) is 51.4 Å². The molecule has 0 aromatic rings. The molecule has 1 aliphatic rings. The number of esters is 1. The maximum absolute atomic E-state index is 12.9. The lowest BCUT2D eigenvalue weighted by Gasteiger charge is -2.41. The zero-order valence-corrected chi connectivity index (χ0v) is 44.0. The molecule has 0 aromatic carbocycles. The second kappa shape index (κ2) is 45.6. The summed E-state index contributed by atoms with van der Waals surface area (Å²) in [6, 6.07) is 0. The van der Waals surface area contributed by atoms with E-state index in [0.717, 1.165) is 57.8 Å². The molecule has 1 aliphatic carbocycles. The van der Waals surface area contributed by atoms with Crippen molar-refractivity contribution in [3.05, 3.63) is 72.9 Å². The third kappa shape index (κ3) is 37.2. The van der Waals surface area contributed by atoms with Crippen molar-refractivity contribution < 1.29 is 58.3 Å². The summed E-state index contributed by atoms with van der Waals surface area (Å²) < 4.78 is 34.3. The first-order valence-electron chi connectivity index (χ1n) is 27.3. The first-order valence-corrected chi connectivity index (χ1v) is 28.8. The van der Waals surface area contributed by atoms with Crippen molar-refractivity contribution in [1.82, 2.24) is 0 Å². The molecule has 6 unspecified atom stereocenters. The summed E-state index contributed by atoms with van der Waals surface area (Å²) in [6.07, 6.45) is 48.5. The Morgan fingerprint density at radius 3 is 1.22 bits per heavy atom. The lowest BCUT2D eigenvalue weighted by atomic mass is 9.85. The van der Waals surface area contributed by atoms with Crippen molar-refractivity contribution in [2.45, 2.75) is 256 Å². The number of aliphatic hydroxyl groups is 5. The highest BCUT2D eigenvalue weighted by atomic mass is 31.2. The van der Waals surface area contributed by atoms with E-state index in [1.807, 2.05) is 12.2 Å². The molecule has 13 heteroatoms. The Hall–Kier alpha value is -2.22. The van der Waals surface area contributed by atoms with Gasteiger partial charge in [0.15, 0.2) is 0 Å². The Kier molecular flexibility index (Phi) is 42.8. The van der Waals surface area contributed by atoms with Gasteiger partial charge in [0.1, 0.15) is 42.7 Å². The van der Waals surface area contributed by atoms with E-state index in [0.29, 0.717) is 13.0 Å². The molecular weight excluding hydrogens is 896 g/mol. The van der Waals surface area contributed by atoms with Crippen LogP contribution < -0.4 is 0 Å². The Balaban J connectivity index is 2.35. The molecular formula is C56H99O12P. The summed E-state index contributed by atoms with van der Waals surface area (Å²) >= 11 is 0. The van der Waals surface area contributed by atoms with Gasteiger partial charge in [-0.2, -0.15) is 0 Å². The van der Waals surface area contributed by atoms with Gasteiger partial charge < -0.3 is 39.9 Å². The molecule has 0 aliphatic heterocycles. The number of ether oxygens (including phenoxy) is 2. The molecule has 0 heterocycles. The van der Waals surface area contributed by atoms with Crippen LogP contribution in [0.4, 0.5) is 0 Å². The number of rotatable bonds is 46. The summed E-state index contributed by atoms with van der Waals surface area (Å²) in [5.74, 6) is -0.557. The SMILES string of the molecule is CC/C=C\C/C=C\C/C=C\C/C=C\C/C=C\C/C=C\CCC(=O)OC(COCCCCCCCCCCCCCCCCCCCCCCCCC)COP(=O)(O)OC1C(O)C(O)C(O)C(O)C1O. The molecule has 1 fully saturated rings. The zero-order chi connectivity index (χ0) is 50.5. The van der Waals surface area contributed by atoms with Crippen molar-refractivity contribution in [1.29, 1.82) is 0 Å². The minimum atomic E-state index is -5.05. The first kappa shape index (κ1) is 64.8. The second-order valence-electron chi connectivity index (χ2n) is 18.7. The number of allylic oxidation sites excluding steroid dienone is 12. The van der Waals surface area contributed by atoms with Crippen LogP contribution in [-0.4, -0.2) is 98.9 Å². The fourth-order valence-corrected chi connectivity index (χ4v) is 9.06. The van der Waals surface area contributed by atoms with E-state index in [9.17, 15) is 39.8 Å². The summed E-state index contributed by atoms with van der Waals surface area (Å²) in [6.45, 7) is 4.09. The van der Waals surface area contributed by atoms with Gasteiger partial charge in [0.25, 0.3) is 0 Å². The second-order valence-corrected chi connectivity index (χ2v) is 20.1. The molecule has 6 N–H and O–H groups in total. The van der Waals surface area contributed by atoms with Gasteiger partial charge in [-0.15, -0.1) is 0 Å². The van der Waals surface area contributed by atoms with Gasteiger partial charge >= 0.3 is 13.8 Å². The minimum Gasteiger partial charge on any atom is -0.457 e. The van der Waals surface area contributed by atoms with Crippen LogP contribution >= 0.6 is 7.82 Å². The Morgan fingerprint density at radius 2 is 0.826 bits per heavy atom. The molecule has 0 radical (unpaired) electrons. The molecule has 0 amide bonds. The Labute approximate surface area is 419 Å². The van der Waals surface area contributed by atoms with Crippen LogP contribution in [-0.2, 0) is 27.9 Å². The smallest absolute Gasteiger partial charge is 0.457 e. The van der Waals surface area contributed by atoms with Gasteiger partial charge in [-0.25, -0.2) is 4.57 Å². The Morgan fingerprint density at radius 1 is 0.478 bits per heavy atom. The van der Waals surface area contributed by atoms with Crippen LogP contribution in [0.25, 0.3) is 0 Å². The van der Waals surface area contributed by atoms with Crippen LogP contribution in [0, 0.1) is 0 Å².